The summed E-state index contributed by atoms with van der Waals surface area (Å²) in [6.45, 7) is 4.03. The van der Waals surface area contributed by atoms with Gasteiger partial charge in [-0.15, -0.1) is 0 Å². The molecule has 3 rings (SSSR count). The largest absolute Gasteiger partial charge is 0.480 e. The zero-order chi connectivity index (χ0) is 17.8. The Hall–Kier alpha value is -1.96. The Kier molecular flexibility index (Phi) is 5.67. The maximum Gasteiger partial charge on any atom is 0.317 e. The van der Waals surface area contributed by atoms with E-state index in [1.165, 1.54) is 0 Å². The van der Waals surface area contributed by atoms with Gasteiger partial charge in [-0.25, -0.2) is 4.98 Å². The molecule has 1 N–H and O–H groups in total. The van der Waals surface area contributed by atoms with Gasteiger partial charge in [0.05, 0.1) is 30.3 Å². The maximum atomic E-state index is 10.8. The van der Waals surface area contributed by atoms with Crippen LogP contribution in [0.5, 0.6) is 0 Å². The number of aliphatic carboxylic acids is 1. The highest BCUT2D eigenvalue weighted by Crippen LogP contribution is 2.15. The number of fused-ring (bicyclic) bond motifs is 1. The van der Waals surface area contributed by atoms with Gasteiger partial charge < -0.3 is 14.4 Å². The summed E-state index contributed by atoms with van der Waals surface area (Å²) in [5.74, 6) is 0.282. The van der Waals surface area contributed by atoms with Crippen molar-refractivity contribution in [3.63, 3.8) is 0 Å². The van der Waals surface area contributed by atoms with Crippen LogP contribution in [0.1, 0.15) is 5.82 Å². The van der Waals surface area contributed by atoms with Crippen LogP contribution in [0.15, 0.2) is 24.3 Å². The van der Waals surface area contributed by atoms with Crippen molar-refractivity contribution < 1.29 is 14.6 Å². The summed E-state index contributed by atoms with van der Waals surface area (Å²) < 4.78 is 7.95. The molecule has 25 heavy (non-hydrogen) atoms. The highest BCUT2D eigenvalue weighted by atomic mass is 16.5. The number of likely N-dealkylation sites (N-methyl/N-ethyl adjacent to an activating group) is 1. The maximum absolute atomic E-state index is 10.8. The van der Waals surface area contributed by atoms with Crippen LogP contribution in [0.3, 0.4) is 0 Å². The van der Waals surface area contributed by atoms with E-state index in [1.807, 2.05) is 25.2 Å². The molecule has 1 atom stereocenters. The van der Waals surface area contributed by atoms with Crippen molar-refractivity contribution >= 4 is 17.0 Å². The fraction of sp³-hybridized carbons (Fsp3) is 0.556. The number of benzene rings is 1. The second-order valence-corrected chi connectivity index (χ2v) is 6.71. The second kappa shape index (κ2) is 7.95. The van der Waals surface area contributed by atoms with E-state index < -0.39 is 5.97 Å². The topological polar surface area (TPSA) is 70.8 Å². The predicted molar refractivity (Wildman–Crippen MR) is 95.7 cm³/mol. The molecule has 1 fully saturated rings. The molecule has 7 nitrogen and oxygen atoms in total. The summed E-state index contributed by atoms with van der Waals surface area (Å²) in [6, 6.07) is 8.18. The number of hydrogen-bond donors (Lipinski definition) is 1. The fourth-order valence-corrected chi connectivity index (χ4v) is 3.41. The molecule has 1 aromatic carbocycles. The van der Waals surface area contributed by atoms with Gasteiger partial charge in [0, 0.05) is 39.6 Å². The zero-order valence-corrected chi connectivity index (χ0v) is 14.9. The number of hydrogen-bond acceptors (Lipinski definition) is 5. The third kappa shape index (κ3) is 4.56. The molecule has 2 aromatic rings. The quantitative estimate of drug-likeness (QED) is 0.801. The Morgan fingerprint density at radius 2 is 2.24 bits per heavy atom. The van der Waals surface area contributed by atoms with Crippen molar-refractivity contribution in [2.24, 2.45) is 7.05 Å². The van der Waals surface area contributed by atoms with Crippen LogP contribution in [0.25, 0.3) is 11.0 Å². The third-order valence-corrected chi connectivity index (χ3v) is 4.67. The summed E-state index contributed by atoms with van der Waals surface area (Å²) in [6.07, 6.45) is 0.946. The Morgan fingerprint density at radius 3 is 3.00 bits per heavy atom. The van der Waals surface area contributed by atoms with Crippen LogP contribution in [0, 0.1) is 0 Å². The van der Waals surface area contributed by atoms with E-state index in [2.05, 4.69) is 22.6 Å². The van der Waals surface area contributed by atoms with Crippen molar-refractivity contribution in [3.8, 4) is 0 Å². The molecule has 1 aliphatic heterocycles. The Balaban J connectivity index is 1.54. The molecular weight excluding hydrogens is 320 g/mol. The van der Waals surface area contributed by atoms with Crippen LogP contribution in [0.2, 0.25) is 0 Å². The number of para-hydroxylation sites is 2. The van der Waals surface area contributed by atoms with Crippen molar-refractivity contribution in [2.75, 3.05) is 46.4 Å². The van der Waals surface area contributed by atoms with E-state index in [0.717, 1.165) is 42.9 Å². The lowest BCUT2D eigenvalue weighted by molar-refractivity contribution is -0.138. The molecule has 7 heteroatoms. The van der Waals surface area contributed by atoms with Crippen molar-refractivity contribution in [2.45, 2.75) is 12.5 Å². The average molecular weight is 346 g/mol. The first-order chi connectivity index (χ1) is 12.0. The second-order valence-electron chi connectivity index (χ2n) is 6.71. The smallest absolute Gasteiger partial charge is 0.317 e. The molecule has 2 heterocycles. The Labute approximate surface area is 147 Å². The van der Waals surface area contributed by atoms with Crippen molar-refractivity contribution in [1.82, 2.24) is 19.4 Å². The monoisotopic (exact) mass is 346 g/mol. The Morgan fingerprint density at radius 1 is 1.44 bits per heavy atom. The van der Waals surface area contributed by atoms with Crippen molar-refractivity contribution in [3.05, 3.63) is 30.1 Å². The third-order valence-electron chi connectivity index (χ3n) is 4.67. The van der Waals surface area contributed by atoms with Gasteiger partial charge in [0.15, 0.2) is 0 Å². The molecule has 1 aliphatic rings. The molecule has 0 aliphatic carbocycles. The number of imidazole rings is 1. The van der Waals surface area contributed by atoms with Crippen LogP contribution in [-0.4, -0.2) is 82.9 Å². The molecule has 1 aromatic heterocycles. The number of carboxylic acid groups (broad SMARTS) is 1. The number of nitrogens with zero attached hydrogens (tertiary/aromatic N) is 4. The number of aromatic nitrogens is 2. The van der Waals surface area contributed by atoms with Gasteiger partial charge in [-0.2, -0.15) is 0 Å². The van der Waals surface area contributed by atoms with Crippen LogP contribution >= 0.6 is 0 Å². The molecule has 1 saturated heterocycles. The van der Waals surface area contributed by atoms with Crippen LogP contribution in [-0.2, 0) is 23.0 Å². The molecule has 0 bridgehead atoms. The van der Waals surface area contributed by atoms with Gasteiger partial charge in [-0.1, -0.05) is 12.1 Å². The molecule has 0 spiro atoms. The fourth-order valence-electron chi connectivity index (χ4n) is 3.41. The number of carboxylic acids is 1. The minimum absolute atomic E-state index is 0.0414. The van der Waals surface area contributed by atoms with Gasteiger partial charge in [0.25, 0.3) is 0 Å². The summed E-state index contributed by atoms with van der Waals surface area (Å²) in [4.78, 5) is 19.7. The summed E-state index contributed by atoms with van der Waals surface area (Å²) >= 11 is 0. The first-order valence-corrected chi connectivity index (χ1v) is 8.67. The van der Waals surface area contributed by atoms with E-state index in [4.69, 9.17) is 14.8 Å². The first-order valence-electron chi connectivity index (χ1n) is 8.67. The minimum Gasteiger partial charge on any atom is -0.480 e. The number of morpholine rings is 1. The molecule has 136 valence electrons. The highest BCUT2D eigenvalue weighted by molar-refractivity contribution is 5.75. The van der Waals surface area contributed by atoms with Crippen molar-refractivity contribution in [1.29, 1.82) is 0 Å². The molecular formula is C18H26N4O3. The summed E-state index contributed by atoms with van der Waals surface area (Å²) in [7, 11) is 3.88. The van der Waals surface area contributed by atoms with Gasteiger partial charge in [-0.3, -0.25) is 14.6 Å². The van der Waals surface area contributed by atoms with E-state index in [0.29, 0.717) is 13.2 Å². The number of carbonyl (C=O) groups is 1. The molecule has 1 unspecified atom stereocenters. The predicted octanol–water partition coefficient (Wildman–Crippen LogP) is 0.833. The SMILES string of the molecule is CN(CC(=O)O)CC1CN(CCc2nc3ccccc3n2C)CCO1. The van der Waals surface area contributed by atoms with E-state index in [1.54, 1.807) is 4.90 Å². The van der Waals surface area contributed by atoms with Crippen LogP contribution < -0.4 is 0 Å². The zero-order valence-electron chi connectivity index (χ0n) is 14.9. The highest BCUT2D eigenvalue weighted by Gasteiger charge is 2.22. The average Bonchev–Trinajstić information content (AvgIpc) is 2.89. The minimum atomic E-state index is -0.808. The lowest BCUT2D eigenvalue weighted by atomic mass is 10.2. The lowest BCUT2D eigenvalue weighted by Crippen LogP contribution is -2.48. The summed E-state index contributed by atoms with van der Waals surface area (Å²) in [5.41, 5.74) is 2.20. The molecule has 0 saturated carbocycles. The Bertz CT molecular complexity index is 730. The first kappa shape index (κ1) is 17.8. The van der Waals surface area contributed by atoms with E-state index in [-0.39, 0.29) is 12.6 Å². The lowest BCUT2D eigenvalue weighted by Gasteiger charge is -2.34. The normalized spacial score (nSPS) is 18.9. The van der Waals surface area contributed by atoms with E-state index >= 15 is 0 Å². The standard InChI is InChI=1S/C18H26N4O3/c1-20(13-18(23)24)11-14-12-22(9-10-25-14)8-7-17-19-15-5-3-4-6-16(15)21(17)2/h3-6,14H,7-13H2,1-2H3,(H,23,24). The number of rotatable bonds is 7. The van der Waals surface area contributed by atoms with Gasteiger partial charge in [-0.05, 0) is 19.2 Å². The van der Waals surface area contributed by atoms with Crippen LogP contribution in [0.4, 0.5) is 0 Å². The number of aryl methyl sites for hydroxylation is 1. The molecule has 0 radical (unpaired) electrons. The van der Waals surface area contributed by atoms with Gasteiger partial charge >= 0.3 is 5.97 Å². The summed E-state index contributed by atoms with van der Waals surface area (Å²) in [5, 5.41) is 8.86. The van der Waals surface area contributed by atoms with E-state index in [9.17, 15) is 4.79 Å². The van der Waals surface area contributed by atoms with Gasteiger partial charge in [0.2, 0.25) is 0 Å². The van der Waals surface area contributed by atoms with Gasteiger partial charge in [0.1, 0.15) is 5.82 Å². The molecule has 0 amide bonds. The number of ether oxygens (including phenoxy) is 1.